The van der Waals surface area contributed by atoms with Crippen molar-refractivity contribution in [3.05, 3.63) is 0 Å². The molecular formula is C40H84N2. The largest absolute Gasteiger partial charge is 0.302 e. The second-order valence-corrected chi connectivity index (χ2v) is 13.9. The van der Waals surface area contributed by atoms with E-state index in [9.17, 15) is 0 Å². The zero-order valence-electron chi connectivity index (χ0n) is 30.4. The molecule has 0 saturated carbocycles. The van der Waals surface area contributed by atoms with Gasteiger partial charge in [-0.1, -0.05) is 195 Å². The van der Waals surface area contributed by atoms with Gasteiger partial charge < -0.3 is 9.80 Å². The summed E-state index contributed by atoms with van der Waals surface area (Å²) in [6.45, 7) is 17.3. The maximum Gasteiger partial charge on any atom is 0.0109 e. The molecule has 0 N–H and O–H groups in total. The molecule has 0 radical (unpaired) electrons. The number of rotatable bonds is 37. The van der Waals surface area contributed by atoms with E-state index in [1.807, 2.05) is 0 Å². The Bertz CT molecular complexity index is 465. The third-order valence-corrected chi connectivity index (χ3v) is 9.54. The van der Waals surface area contributed by atoms with Gasteiger partial charge in [-0.2, -0.15) is 0 Å². The number of hydrogen-bond donors (Lipinski definition) is 0. The van der Waals surface area contributed by atoms with E-state index < -0.39 is 0 Å². The third-order valence-electron chi connectivity index (χ3n) is 9.54. The Kier molecular flexibility index (Phi) is 37.0. The van der Waals surface area contributed by atoms with Gasteiger partial charge in [0.1, 0.15) is 0 Å². The summed E-state index contributed by atoms with van der Waals surface area (Å²) in [6.07, 6.45) is 43.0. The van der Waals surface area contributed by atoms with E-state index in [0.717, 1.165) is 0 Å². The maximum atomic E-state index is 2.87. The third kappa shape index (κ3) is 32.8. The zero-order chi connectivity index (χ0) is 30.6. The van der Waals surface area contributed by atoms with E-state index in [2.05, 4.69) is 37.5 Å². The molecular weight excluding hydrogens is 508 g/mol. The number of unbranched alkanes of at least 4 members (excludes halogenated alkanes) is 26. The average Bonchev–Trinajstić information content (AvgIpc) is 3.00. The minimum Gasteiger partial charge on any atom is -0.302 e. The first-order valence-corrected chi connectivity index (χ1v) is 20.2. The standard InChI is InChI=1S/C40H84N2/c1-5-9-13-16-19-22-24-27-30-34-38-42(37-33-29-26-23-20-17-14-10-6-2)40-39-41(35-31-12-8-4)36-32-28-25-21-18-15-11-7-3/h5-40H2,1-4H3. The second kappa shape index (κ2) is 37.1. The smallest absolute Gasteiger partial charge is 0.0109 e. The van der Waals surface area contributed by atoms with Gasteiger partial charge >= 0.3 is 0 Å². The van der Waals surface area contributed by atoms with Crippen LogP contribution in [-0.4, -0.2) is 49.1 Å². The lowest BCUT2D eigenvalue weighted by Crippen LogP contribution is -2.37. The summed E-state index contributed by atoms with van der Waals surface area (Å²) in [5.41, 5.74) is 0. The molecule has 254 valence electrons. The molecule has 0 spiro atoms. The van der Waals surface area contributed by atoms with E-state index in [0.29, 0.717) is 0 Å². The van der Waals surface area contributed by atoms with Gasteiger partial charge in [-0.15, -0.1) is 0 Å². The predicted octanol–water partition coefficient (Wildman–Crippen LogP) is 13.4. The van der Waals surface area contributed by atoms with Crippen LogP contribution in [0.15, 0.2) is 0 Å². The molecule has 0 amide bonds. The molecule has 42 heavy (non-hydrogen) atoms. The van der Waals surface area contributed by atoms with Crippen molar-refractivity contribution in [2.45, 2.75) is 220 Å². The molecule has 0 saturated heterocycles. The fourth-order valence-electron chi connectivity index (χ4n) is 6.48. The lowest BCUT2D eigenvalue weighted by Gasteiger charge is -2.28. The molecule has 0 aromatic carbocycles. The molecule has 0 heterocycles. The van der Waals surface area contributed by atoms with E-state index in [4.69, 9.17) is 0 Å². The van der Waals surface area contributed by atoms with Gasteiger partial charge in [0, 0.05) is 13.1 Å². The van der Waals surface area contributed by atoms with Crippen molar-refractivity contribution < 1.29 is 0 Å². The molecule has 0 aliphatic carbocycles. The Balaban J connectivity index is 4.43. The lowest BCUT2D eigenvalue weighted by atomic mass is 10.1. The normalized spacial score (nSPS) is 11.9. The summed E-state index contributed by atoms with van der Waals surface area (Å²) in [5, 5.41) is 0. The summed E-state index contributed by atoms with van der Waals surface area (Å²) >= 11 is 0. The summed E-state index contributed by atoms with van der Waals surface area (Å²) in [6, 6.07) is 0. The van der Waals surface area contributed by atoms with E-state index in [-0.39, 0.29) is 0 Å². The van der Waals surface area contributed by atoms with Crippen LogP contribution >= 0.6 is 0 Å². The van der Waals surface area contributed by atoms with Crippen molar-refractivity contribution in [3.63, 3.8) is 0 Å². The van der Waals surface area contributed by atoms with E-state index in [1.165, 1.54) is 232 Å². The predicted molar refractivity (Wildman–Crippen MR) is 194 cm³/mol. The number of nitrogens with zero attached hydrogens (tertiary/aromatic N) is 2. The molecule has 0 aromatic heterocycles. The Morgan fingerprint density at radius 3 is 0.595 bits per heavy atom. The van der Waals surface area contributed by atoms with Crippen molar-refractivity contribution in [2.24, 2.45) is 0 Å². The van der Waals surface area contributed by atoms with Crippen LogP contribution in [0.1, 0.15) is 220 Å². The van der Waals surface area contributed by atoms with E-state index in [1.54, 1.807) is 0 Å². The van der Waals surface area contributed by atoms with Crippen LogP contribution in [0.5, 0.6) is 0 Å². The van der Waals surface area contributed by atoms with E-state index >= 15 is 0 Å². The minimum atomic E-state index is 1.30. The lowest BCUT2D eigenvalue weighted by molar-refractivity contribution is 0.193. The first kappa shape index (κ1) is 41.9. The summed E-state index contributed by atoms with van der Waals surface area (Å²) < 4.78 is 0. The first-order valence-electron chi connectivity index (χ1n) is 20.2. The molecule has 0 fully saturated rings. The monoisotopic (exact) mass is 593 g/mol. The van der Waals surface area contributed by atoms with Gasteiger partial charge in [-0.3, -0.25) is 0 Å². The molecule has 0 aliphatic rings. The van der Waals surface area contributed by atoms with Crippen molar-refractivity contribution in [2.75, 3.05) is 39.3 Å². The zero-order valence-corrected chi connectivity index (χ0v) is 30.4. The molecule has 0 aromatic rings. The fraction of sp³-hybridized carbons (Fsp3) is 1.00. The van der Waals surface area contributed by atoms with Crippen molar-refractivity contribution in [1.29, 1.82) is 0 Å². The van der Waals surface area contributed by atoms with Crippen LogP contribution in [0.25, 0.3) is 0 Å². The molecule has 0 atom stereocenters. The van der Waals surface area contributed by atoms with Gasteiger partial charge in [-0.05, 0) is 51.9 Å². The number of hydrogen-bond acceptors (Lipinski definition) is 2. The van der Waals surface area contributed by atoms with Crippen molar-refractivity contribution in [3.8, 4) is 0 Å². The van der Waals surface area contributed by atoms with Gasteiger partial charge in [0.2, 0.25) is 0 Å². The highest BCUT2D eigenvalue weighted by molar-refractivity contribution is 4.66. The van der Waals surface area contributed by atoms with Crippen LogP contribution < -0.4 is 0 Å². The fourth-order valence-corrected chi connectivity index (χ4v) is 6.48. The minimum absolute atomic E-state index is 1.30. The summed E-state index contributed by atoms with van der Waals surface area (Å²) in [4.78, 5) is 5.71. The van der Waals surface area contributed by atoms with Crippen molar-refractivity contribution in [1.82, 2.24) is 9.80 Å². The molecule has 2 heteroatoms. The molecule has 0 rings (SSSR count). The quantitative estimate of drug-likeness (QED) is 0.0662. The molecule has 0 aliphatic heterocycles. The SMILES string of the molecule is CCCCCCCCCCCCN(CCCCCCCCCCC)CCN(CCCCC)CCCCCCCCCC. The van der Waals surface area contributed by atoms with Gasteiger partial charge in [0.25, 0.3) is 0 Å². The van der Waals surface area contributed by atoms with Crippen molar-refractivity contribution >= 4 is 0 Å². The molecule has 0 unspecified atom stereocenters. The highest BCUT2D eigenvalue weighted by atomic mass is 15.2. The summed E-state index contributed by atoms with van der Waals surface area (Å²) in [7, 11) is 0. The highest BCUT2D eigenvalue weighted by Crippen LogP contribution is 2.14. The Hall–Kier alpha value is -0.0800. The molecule has 2 nitrogen and oxygen atoms in total. The van der Waals surface area contributed by atoms with Crippen LogP contribution in [0, 0.1) is 0 Å². The van der Waals surface area contributed by atoms with Crippen LogP contribution in [0.2, 0.25) is 0 Å². The Morgan fingerprint density at radius 1 is 0.190 bits per heavy atom. The van der Waals surface area contributed by atoms with Gasteiger partial charge in [0.15, 0.2) is 0 Å². The first-order chi connectivity index (χ1) is 20.8. The van der Waals surface area contributed by atoms with Crippen LogP contribution in [0.4, 0.5) is 0 Å². The average molecular weight is 593 g/mol. The molecule has 0 bridgehead atoms. The van der Waals surface area contributed by atoms with Crippen LogP contribution in [-0.2, 0) is 0 Å². The highest BCUT2D eigenvalue weighted by Gasteiger charge is 2.10. The summed E-state index contributed by atoms with van der Waals surface area (Å²) in [5.74, 6) is 0. The maximum absolute atomic E-state index is 2.87. The Labute approximate surface area is 268 Å². The Morgan fingerprint density at radius 2 is 0.357 bits per heavy atom. The van der Waals surface area contributed by atoms with Crippen LogP contribution in [0.3, 0.4) is 0 Å². The second-order valence-electron chi connectivity index (χ2n) is 13.9. The van der Waals surface area contributed by atoms with Gasteiger partial charge in [-0.25, -0.2) is 0 Å². The topological polar surface area (TPSA) is 6.48 Å². The van der Waals surface area contributed by atoms with Gasteiger partial charge in [0.05, 0.1) is 0 Å².